The molecule has 4 aromatic rings. The highest BCUT2D eigenvalue weighted by Gasteiger charge is 2.20. The molecular formula is C21H20N4O3S. The Morgan fingerprint density at radius 1 is 1.10 bits per heavy atom. The topological polar surface area (TPSA) is 86.1 Å². The molecule has 0 aliphatic heterocycles. The van der Waals surface area contributed by atoms with Crippen molar-refractivity contribution < 1.29 is 13.6 Å². The number of nitrogens with one attached hydrogen (secondary N) is 1. The number of para-hydroxylation sites is 1. The number of hydrogen-bond acceptors (Lipinski definition) is 6. The lowest BCUT2D eigenvalue weighted by molar-refractivity contribution is -0.119. The fraction of sp³-hybridized carbons (Fsp3) is 0.190. The largest absolute Gasteiger partial charge is 0.469 e. The van der Waals surface area contributed by atoms with E-state index >= 15 is 0 Å². The van der Waals surface area contributed by atoms with E-state index in [2.05, 4.69) is 15.5 Å². The molecule has 0 saturated carbocycles. The van der Waals surface area contributed by atoms with E-state index in [0.717, 1.165) is 17.0 Å². The number of furan rings is 2. The minimum Gasteiger partial charge on any atom is -0.469 e. The lowest BCUT2D eigenvalue weighted by atomic mass is 10.2. The van der Waals surface area contributed by atoms with Crippen LogP contribution in [-0.2, 0) is 4.79 Å². The zero-order valence-electron chi connectivity index (χ0n) is 16.0. The van der Waals surface area contributed by atoms with Crippen LogP contribution < -0.4 is 5.32 Å². The Labute approximate surface area is 172 Å². The van der Waals surface area contributed by atoms with E-state index in [1.165, 1.54) is 11.8 Å². The molecule has 0 aliphatic carbocycles. The van der Waals surface area contributed by atoms with Crippen LogP contribution in [0.4, 0.5) is 0 Å². The lowest BCUT2D eigenvalue weighted by Crippen LogP contribution is -2.28. The number of rotatable bonds is 7. The van der Waals surface area contributed by atoms with E-state index in [0.29, 0.717) is 16.7 Å². The van der Waals surface area contributed by atoms with Gasteiger partial charge in [0.2, 0.25) is 5.91 Å². The summed E-state index contributed by atoms with van der Waals surface area (Å²) in [7, 11) is 0. The predicted octanol–water partition coefficient (Wildman–Crippen LogP) is 4.40. The normalized spacial score (nSPS) is 12.1. The second-order valence-corrected chi connectivity index (χ2v) is 7.40. The predicted molar refractivity (Wildman–Crippen MR) is 110 cm³/mol. The summed E-state index contributed by atoms with van der Waals surface area (Å²) >= 11 is 1.33. The summed E-state index contributed by atoms with van der Waals surface area (Å²) < 4.78 is 12.7. The fourth-order valence-corrected chi connectivity index (χ4v) is 3.75. The van der Waals surface area contributed by atoms with Gasteiger partial charge in [0.15, 0.2) is 11.0 Å². The number of carbonyl (C=O) groups is 1. The maximum Gasteiger partial charge on any atom is 0.231 e. The van der Waals surface area contributed by atoms with Crippen LogP contribution in [0.3, 0.4) is 0 Å². The molecule has 8 heteroatoms. The standard InChI is InChI=1S/C21H20N4O3S/c1-14(18-9-6-11-28-18)22-19(26)13-29-21-24-23-20(17-10-12-27-15(17)2)25(21)16-7-4-3-5-8-16/h3-12,14H,13H2,1-2H3,(H,22,26). The van der Waals surface area contributed by atoms with Crippen LogP contribution in [0.15, 0.2) is 75.0 Å². The minimum atomic E-state index is -0.200. The van der Waals surface area contributed by atoms with Crippen molar-refractivity contribution in [3.63, 3.8) is 0 Å². The molecule has 148 valence electrons. The zero-order chi connectivity index (χ0) is 20.2. The molecule has 1 unspecified atom stereocenters. The maximum atomic E-state index is 12.4. The maximum absolute atomic E-state index is 12.4. The van der Waals surface area contributed by atoms with Crippen molar-refractivity contribution in [1.29, 1.82) is 0 Å². The molecule has 1 N–H and O–H groups in total. The monoisotopic (exact) mass is 408 g/mol. The number of nitrogens with zero attached hydrogens (tertiary/aromatic N) is 3. The Balaban J connectivity index is 1.55. The molecular weight excluding hydrogens is 388 g/mol. The average molecular weight is 408 g/mol. The van der Waals surface area contributed by atoms with Crippen LogP contribution >= 0.6 is 11.8 Å². The molecule has 0 aliphatic rings. The molecule has 7 nitrogen and oxygen atoms in total. The van der Waals surface area contributed by atoms with E-state index in [4.69, 9.17) is 8.83 Å². The summed E-state index contributed by atoms with van der Waals surface area (Å²) in [6.45, 7) is 3.77. The quantitative estimate of drug-likeness (QED) is 0.456. The van der Waals surface area contributed by atoms with Gasteiger partial charge in [-0.25, -0.2) is 0 Å². The molecule has 0 spiro atoms. The number of benzene rings is 1. The van der Waals surface area contributed by atoms with Crippen LogP contribution in [0.5, 0.6) is 0 Å². The molecule has 1 aromatic carbocycles. The van der Waals surface area contributed by atoms with Gasteiger partial charge in [-0.15, -0.1) is 10.2 Å². The number of aromatic nitrogens is 3. The Morgan fingerprint density at radius 2 is 1.93 bits per heavy atom. The first-order chi connectivity index (χ1) is 14.1. The smallest absolute Gasteiger partial charge is 0.231 e. The third-order valence-corrected chi connectivity index (χ3v) is 5.36. The van der Waals surface area contributed by atoms with E-state index in [1.807, 2.05) is 60.9 Å². The highest BCUT2D eigenvalue weighted by Crippen LogP contribution is 2.30. The van der Waals surface area contributed by atoms with E-state index in [-0.39, 0.29) is 17.7 Å². The third-order valence-electron chi connectivity index (χ3n) is 4.43. The van der Waals surface area contributed by atoms with Gasteiger partial charge in [-0.1, -0.05) is 30.0 Å². The number of carbonyl (C=O) groups excluding carboxylic acids is 1. The molecule has 29 heavy (non-hydrogen) atoms. The summed E-state index contributed by atoms with van der Waals surface area (Å²) in [4.78, 5) is 12.4. The van der Waals surface area contributed by atoms with Gasteiger partial charge in [0.1, 0.15) is 11.5 Å². The Hall–Kier alpha value is -3.26. The van der Waals surface area contributed by atoms with Gasteiger partial charge < -0.3 is 14.2 Å². The van der Waals surface area contributed by atoms with Crippen molar-refractivity contribution in [3.05, 3.63) is 72.6 Å². The lowest BCUT2D eigenvalue weighted by Gasteiger charge is -2.12. The highest BCUT2D eigenvalue weighted by molar-refractivity contribution is 7.99. The van der Waals surface area contributed by atoms with Gasteiger partial charge in [-0.3, -0.25) is 9.36 Å². The third kappa shape index (κ3) is 4.12. The van der Waals surface area contributed by atoms with Crippen LogP contribution in [0.25, 0.3) is 17.1 Å². The van der Waals surface area contributed by atoms with Gasteiger partial charge in [-0.2, -0.15) is 0 Å². The van der Waals surface area contributed by atoms with E-state index in [1.54, 1.807) is 18.6 Å². The van der Waals surface area contributed by atoms with Gasteiger partial charge in [-0.05, 0) is 44.2 Å². The average Bonchev–Trinajstić information content (AvgIpc) is 3.47. The van der Waals surface area contributed by atoms with Crippen LogP contribution in [0, 0.1) is 6.92 Å². The SMILES string of the molecule is Cc1occc1-c1nnc(SCC(=O)NC(C)c2ccco2)n1-c1ccccc1. The first kappa shape index (κ1) is 19.1. The molecule has 0 bridgehead atoms. The molecule has 3 aromatic heterocycles. The Morgan fingerprint density at radius 3 is 2.62 bits per heavy atom. The minimum absolute atomic E-state index is 0.109. The second-order valence-electron chi connectivity index (χ2n) is 6.46. The first-order valence-electron chi connectivity index (χ1n) is 9.14. The molecule has 0 saturated heterocycles. The molecule has 0 fully saturated rings. The number of amides is 1. The first-order valence-corrected chi connectivity index (χ1v) is 10.1. The summed E-state index contributed by atoms with van der Waals surface area (Å²) in [6.07, 6.45) is 3.22. The van der Waals surface area contributed by atoms with Crippen molar-refractivity contribution in [2.45, 2.75) is 25.0 Å². The second kappa shape index (κ2) is 8.40. The van der Waals surface area contributed by atoms with Gasteiger partial charge in [0.25, 0.3) is 0 Å². The van der Waals surface area contributed by atoms with Crippen LogP contribution in [0.1, 0.15) is 24.5 Å². The molecule has 0 radical (unpaired) electrons. The molecule has 4 rings (SSSR count). The van der Waals surface area contributed by atoms with Gasteiger partial charge >= 0.3 is 0 Å². The molecule has 1 amide bonds. The Bertz CT molecular complexity index is 1090. The highest BCUT2D eigenvalue weighted by atomic mass is 32.2. The summed E-state index contributed by atoms with van der Waals surface area (Å²) in [6, 6.07) is 15.1. The van der Waals surface area contributed by atoms with E-state index in [9.17, 15) is 4.79 Å². The fourth-order valence-electron chi connectivity index (χ4n) is 2.99. The molecule has 3 heterocycles. The Kier molecular flexibility index (Phi) is 5.53. The van der Waals surface area contributed by atoms with Crippen molar-refractivity contribution in [1.82, 2.24) is 20.1 Å². The van der Waals surface area contributed by atoms with Crippen molar-refractivity contribution in [2.75, 3.05) is 5.75 Å². The number of hydrogen-bond donors (Lipinski definition) is 1. The zero-order valence-corrected chi connectivity index (χ0v) is 16.8. The molecule has 1 atom stereocenters. The van der Waals surface area contributed by atoms with Gasteiger partial charge in [0.05, 0.1) is 29.9 Å². The van der Waals surface area contributed by atoms with Crippen molar-refractivity contribution >= 4 is 17.7 Å². The van der Waals surface area contributed by atoms with Crippen LogP contribution in [-0.4, -0.2) is 26.4 Å². The number of thioether (sulfide) groups is 1. The van der Waals surface area contributed by atoms with Crippen molar-refractivity contribution in [3.8, 4) is 17.1 Å². The summed E-state index contributed by atoms with van der Waals surface area (Å²) in [5.41, 5.74) is 1.78. The summed E-state index contributed by atoms with van der Waals surface area (Å²) in [5, 5.41) is 12.2. The van der Waals surface area contributed by atoms with Crippen molar-refractivity contribution in [2.24, 2.45) is 0 Å². The van der Waals surface area contributed by atoms with E-state index < -0.39 is 0 Å². The number of aryl methyl sites for hydroxylation is 1. The summed E-state index contributed by atoms with van der Waals surface area (Å²) in [5.74, 6) is 2.25. The van der Waals surface area contributed by atoms with Gasteiger partial charge in [0, 0.05) is 5.69 Å². The van der Waals surface area contributed by atoms with Crippen LogP contribution in [0.2, 0.25) is 0 Å².